The van der Waals surface area contributed by atoms with Gasteiger partial charge in [-0.2, -0.15) is 5.10 Å². The lowest BCUT2D eigenvalue weighted by Crippen LogP contribution is -2.45. The average molecular weight is 318 g/mol. The molecular weight excluding hydrogens is 300 g/mol. The van der Waals surface area contributed by atoms with Gasteiger partial charge >= 0.3 is 0 Å². The van der Waals surface area contributed by atoms with Crippen LogP contribution in [-0.4, -0.2) is 45.6 Å². The summed E-state index contributed by atoms with van der Waals surface area (Å²) in [5.74, 6) is 0.361. The number of pyridine rings is 1. The molecule has 122 valence electrons. The number of nitrogens with one attached hydrogen (secondary N) is 1. The highest BCUT2D eigenvalue weighted by Crippen LogP contribution is 2.16. The van der Waals surface area contributed by atoms with Crippen LogP contribution in [0.15, 0.2) is 35.5 Å². The van der Waals surface area contributed by atoms with Crippen LogP contribution in [0.4, 0.5) is 0 Å². The van der Waals surface area contributed by atoms with Gasteiger partial charge in [-0.05, 0) is 6.07 Å². The van der Waals surface area contributed by atoms with Crippen LogP contribution < -0.4 is 15.6 Å². The molecule has 1 aliphatic heterocycles. The van der Waals surface area contributed by atoms with Gasteiger partial charge in [-0.25, -0.2) is 0 Å². The molecule has 0 bridgehead atoms. The molecular formula is C15H18N4O4. The maximum absolute atomic E-state index is 12.3. The van der Waals surface area contributed by atoms with Crippen LogP contribution >= 0.6 is 0 Å². The summed E-state index contributed by atoms with van der Waals surface area (Å²) < 4.78 is 14.2. The number of rotatable bonds is 4. The van der Waals surface area contributed by atoms with E-state index in [1.807, 2.05) is 0 Å². The minimum Gasteiger partial charge on any atom is -0.482 e. The number of ether oxygens (including phenoxy) is 2. The van der Waals surface area contributed by atoms with E-state index in [0.717, 1.165) is 0 Å². The second-order valence-corrected chi connectivity index (χ2v) is 5.49. The lowest BCUT2D eigenvalue weighted by atomic mass is 10.2. The normalized spacial score (nSPS) is 20.4. The van der Waals surface area contributed by atoms with Crippen molar-refractivity contribution < 1.29 is 14.3 Å². The Morgan fingerprint density at radius 1 is 1.35 bits per heavy atom. The lowest BCUT2D eigenvalue weighted by Gasteiger charge is -2.19. The molecule has 1 amide bonds. The molecule has 0 aliphatic carbocycles. The first-order valence-corrected chi connectivity index (χ1v) is 7.23. The molecule has 0 aromatic carbocycles. The SMILES string of the molecule is Cn1cc(O[C@@H]2COC[C@@H]2NC(=O)c2ccc(=O)n(C)c2)cn1. The van der Waals surface area contributed by atoms with E-state index >= 15 is 0 Å². The first kappa shape index (κ1) is 15.3. The molecule has 1 fully saturated rings. The molecule has 3 rings (SSSR count). The lowest BCUT2D eigenvalue weighted by molar-refractivity contribution is 0.0903. The van der Waals surface area contributed by atoms with Gasteiger partial charge in [-0.3, -0.25) is 14.3 Å². The average Bonchev–Trinajstić information content (AvgIpc) is 3.12. The van der Waals surface area contributed by atoms with Crippen LogP contribution in [0, 0.1) is 0 Å². The van der Waals surface area contributed by atoms with Crippen molar-refractivity contribution in [2.75, 3.05) is 13.2 Å². The van der Waals surface area contributed by atoms with Crippen molar-refractivity contribution >= 4 is 5.91 Å². The quantitative estimate of drug-likeness (QED) is 0.836. The zero-order valence-corrected chi connectivity index (χ0v) is 12.9. The van der Waals surface area contributed by atoms with Gasteiger partial charge in [0.15, 0.2) is 5.75 Å². The van der Waals surface area contributed by atoms with Crippen LogP contribution in [0.3, 0.4) is 0 Å². The number of nitrogens with zero attached hydrogens (tertiary/aromatic N) is 3. The molecule has 1 saturated heterocycles. The predicted octanol–water partition coefficient (Wildman–Crippen LogP) is -0.305. The van der Waals surface area contributed by atoms with Crippen molar-refractivity contribution in [3.8, 4) is 5.75 Å². The minimum absolute atomic E-state index is 0.163. The van der Waals surface area contributed by atoms with E-state index in [-0.39, 0.29) is 23.6 Å². The fourth-order valence-electron chi connectivity index (χ4n) is 2.40. The third-order valence-electron chi connectivity index (χ3n) is 3.66. The molecule has 23 heavy (non-hydrogen) atoms. The highest BCUT2D eigenvalue weighted by molar-refractivity contribution is 5.94. The number of aromatic nitrogens is 3. The molecule has 0 unspecified atom stereocenters. The first-order chi connectivity index (χ1) is 11.0. The number of hydrogen-bond donors (Lipinski definition) is 1. The van der Waals surface area contributed by atoms with Gasteiger partial charge in [0.25, 0.3) is 5.91 Å². The summed E-state index contributed by atoms with van der Waals surface area (Å²) in [4.78, 5) is 23.7. The molecule has 0 radical (unpaired) electrons. The van der Waals surface area contributed by atoms with Gasteiger partial charge in [0, 0.05) is 26.4 Å². The van der Waals surface area contributed by atoms with Crippen LogP contribution in [0.25, 0.3) is 0 Å². The summed E-state index contributed by atoms with van der Waals surface area (Å²) in [6.07, 6.45) is 4.59. The van der Waals surface area contributed by atoms with E-state index in [2.05, 4.69) is 10.4 Å². The molecule has 0 spiro atoms. The first-order valence-electron chi connectivity index (χ1n) is 7.23. The fraction of sp³-hybridized carbons (Fsp3) is 0.400. The van der Waals surface area contributed by atoms with Crippen LogP contribution in [0.5, 0.6) is 5.75 Å². The number of carbonyl (C=O) groups excluding carboxylic acids is 1. The minimum atomic E-state index is -0.282. The van der Waals surface area contributed by atoms with E-state index in [9.17, 15) is 9.59 Å². The largest absolute Gasteiger partial charge is 0.482 e. The Morgan fingerprint density at radius 3 is 2.87 bits per heavy atom. The van der Waals surface area contributed by atoms with Crippen LogP contribution in [0.2, 0.25) is 0 Å². The predicted molar refractivity (Wildman–Crippen MR) is 81.4 cm³/mol. The Labute approximate surface area is 132 Å². The van der Waals surface area contributed by atoms with Crippen molar-refractivity contribution in [1.82, 2.24) is 19.7 Å². The molecule has 0 saturated carbocycles. The molecule has 3 heterocycles. The highest BCUT2D eigenvalue weighted by Gasteiger charge is 2.32. The number of carbonyl (C=O) groups is 1. The van der Waals surface area contributed by atoms with Crippen LogP contribution in [0.1, 0.15) is 10.4 Å². The molecule has 1 aliphatic rings. The monoisotopic (exact) mass is 318 g/mol. The molecule has 2 atom stereocenters. The third kappa shape index (κ3) is 3.42. The summed E-state index contributed by atoms with van der Waals surface area (Å²) in [7, 11) is 3.41. The van der Waals surface area contributed by atoms with Gasteiger partial charge in [-0.15, -0.1) is 0 Å². The maximum Gasteiger partial charge on any atom is 0.253 e. The van der Waals surface area contributed by atoms with E-state index in [1.54, 1.807) is 31.2 Å². The smallest absolute Gasteiger partial charge is 0.253 e. The number of aryl methyl sites for hydroxylation is 2. The van der Waals surface area contributed by atoms with Crippen molar-refractivity contribution in [3.05, 3.63) is 46.6 Å². The molecule has 1 N–H and O–H groups in total. The third-order valence-corrected chi connectivity index (χ3v) is 3.66. The number of amides is 1. The molecule has 2 aromatic heterocycles. The van der Waals surface area contributed by atoms with E-state index < -0.39 is 0 Å². The van der Waals surface area contributed by atoms with E-state index in [1.165, 1.54) is 22.9 Å². The second kappa shape index (κ2) is 6.25. The molecule has 8 heteroatoms. The van der Waals surface area contributed by atoms with Crippen molar-refractivity contribution in [2.24, 2.45) is 14.1 Å². The highest BCUT2D eigenvalue weighted by atomic mass is 16.5. The van der Waals surface area contributed by atoms with Gasteiger partial charge < -0.3 is 19.4 Å². The van der Waals surface area contributed by atoms with Crippen molar-refractivity contribution in [2.45, 2.75) is 12.1 Å². The Hall–Kier alpha value is -2.61. The van der Waals surface area contributed by atoms with Gasteiger partial charge in [0.05, 0.1) is 37.2 Å². The molecule has 2 aromatic rings. The second-order valence-electron chi connectivity index (χ2n) is 5.49. The van der Waals surface area contributed by atoms with Crippen molar-refractivity contribution in [3.63, 3.8) is 0 Å². The van der Waals surface area contributed by atoms with Gasteiger partial charge in [-0.1, -0.05) is 0 Å². The van der Waals surface area contributed by atoms with Crippen molar-refractivity contribution in [1.29, 1.82) is 0 Å². The summed E-state index contributed by atoms with van der Waals surface area (Å²) >= 11 is 0. The summed E-state index contributed by atoms with van der Waals surface area (Å²) in [5.41, 5.74) is 0.252. The Morgan fingerprint density at radius 2 is 2.17 bits per heavy atom. The molecule has 8 nitrogen and oxygen atoms in total. The standard InChI is InChI=1S/C15H18N4O4/c1-18-6-10(3-4-14(18)20)15(21)17-12-8-22-9-13(12)23-11-5-16-19(2)7-11/h3-7,12-13H,8-9H2,1-2H3,(H,17,21)/t12-,13+/m0/s1. The van der Waals surface area contributed by atoms with Crippen LogP contribution in [-0.2, 0) is 18.8 Å². The Bertz CT molecular complexity index is 767. The zero-order chi connectivity index (χ0) is 16.4. The summed E-state index contributed by atoms with van der Waals surface area (Å²) in [6.45, 7) is 0.773. The Balaban J connectivity index is 1.66. The summed E-state index contributed by atoms with van der Waals surface area (Å²) in [5, 5.41) is 6.93. The van der Waals surface area contributed by atoms with E-state index in [0.29, 0.717) is 24.5 Å². The topological polar surface area (TPSA) is 87.4 Å². The fourth-order valence-corrected chi connectivity index (χ4v) is 2.40. The van der Waals surface area contributed by atoms with E-state index in [4.69, 9.17) is 9.47 Å². The zero-order valence-electron chi connectivity index (χ0n) is 12.9. The summed E-state index contributed by atoms with van der Waals surface area (Å²) in [6, 6.07) is 2.61. The maximum atomic E-state index is 12.3. The number of hydrogen-bond acceptors (Lipinski definition) is 5. The Kier molecular flexibility index (Phi) is 4.16. The van der Waals surface area contributed by atoms with Gasteiger partial charge in [0.2, 0.25) is 5.56 Å². The van der Waals surface area contributed by atoms with Gasteiger partial charge in [0.1, 0.15) is 6.10 Å².